The first-order valence-corrected chi connectivity index (χ1v) is 10.6. The minimum Gasteiger partial charge on any atom is -0.489 e. The van der Waals surface area contributed by atoms with Crippen LogP contribution in [0, 0.1) is 5.82 Å². The number of carbonyl (C=O) groups excluding carboxylic acids is 2. The van der Waals surface area contributed by atoms with Crippen LogP contribution in [0.2, 0.25) is 5.02 Å². The van der Waals surface area contributed by atoms with Crippen molar-refractivity contribution < 1.29 is 18.7 Å². The van der Waals surface area contributed by atoms with Gasteiger partial charge in [-0.25, -0.2) is 4.39 Å². The summed E-state index contributed by atoms with van der Waals surface area (Å²) in [5, 5.41) is 0.237. The van der Waals surface area contributed by atoms with E-state index in [0.717, 1.165) is 27.8 Å². The van der Waals surface area contributed by atoms with Crippen molar-refractivity contribution in [2.24, 2.45) is 0 Å². The molecule has 0 saturated carbocycles. The fourth-order valence-electron chi connectivity index (χ4n) is 3.04. The van der Waals surface area contributed by atoms with E-state index in [9.17, 15) is 14.0 Å². The van der Waals surface area contributed by atoms with Crippen molar-refractivity contribution in [2.75, 3.05) is 0 Å². The molecule has 0 aromatic heterocycles. The minimum absolute atomic E-state index is 0.0923. The number of rotatable bonds is 6. The number of halogens is 2. The van der Waals surface area contributed by atoms with Gasteiger partial charge in [-0.05, 0) is 59.3 Å². The van der Waals surface area contributed by atoms with Gasteiger partial charge in [0.15, 0.2) is 0 Å². The summed E-state index contributed by atoms with van der Waals surface area (Å²) in [6.07, 6.45) is 1.65. The maximum absolute atomic E-state index is 13.9. The van der Waals surface area contributed by atoms with Crippen molar-refractivity contribution in [1.29, 1.82) is 0 Å². The van der Waals surface area contributed by atoms with Gasteiger partial charge in [0.25, 0.3) is 11.1 Å². The molecule has 1 aliphatic rings. The molecule has 0 bridgehead atoms. The van der Waals surface area contributed by atoms with Crippen LogP contribution in [0.25, 0.3) is 6.08 Å². The van der Waals surface area contributed by atoms with Crippen molar-refractivity contribution in [1.82, 2.24) is 4.90 Å². The highest BCUT2D eigenvalue weighted by molar-refractivity contribution is 8.18. The smallest absolute Gasteiger partial charge is 0.293 e. The first kappa shape index (κ1) is 21.2. The SMILES string of the molecule is O=C1S/C(=C\c2ccc(OCc3cccc(Cl)c3)cc2)C(=O)N1Cc1ccccc1F. The summed E-state index contributed by atoms with van der Waals surface area (Å²) >= 11 is 6.82. The predicted octanol–water partition coefficient (Wildman–Crippen LogP) is 6.29. The molecule has 31 heavy (non-hydrogen) atoms. The highest BCUT2D eigenvalue weighted by Gasteiger charge is 2.35. The van der Waals surface area contributed by atoms with Crippen LogP contribution < -0.4 is 4.74 Å². The van der Waals surface area contributed by atoms with Crippen LogP contribution in [-0.2, 0) is 17.9 Å². The summed E-state index contributed by atoms with van der Waals surface area (Å²) in [4.78, 5) is 26.3. The Bertz CT molecular complexity index is 1160. The summed E-state index contributed by atoms with van der Waals surface area (Å²) in [6.45, 7) is 0.291. The van der Waals surface area contributed by atoms with Crippen LogP contribution in [-0.4, -0.2) is 16.0 Å². The second-order valence-corrected chi connectivity index (χ2v) is 8.28. The molecular formula is C24H17ClFNO3S. The van der Waals surface area contributed by atoms with Gasteiger partial charge in [0.2, 0.25) is 0 Å². The molecule has 1 heterocycles. The zero-order valence-corrected chi connectivity index (χ0v) is 17.8. The average Bonchev–Trinajstić information content (AvgIpc) is 3.02. The molecule has 0 atom stereocenters. The Labute approximate surface area is 188 Å². The van der Waals surface area contributed by atoms with E-state index in [1.807, 2.05) is 18.2 Å². The second kappa shape index (κ2) is 9.37. The van der Waals surface area contributed by atoms with Crippen LogP contribution in [0.3, 0.4) is 0 Å². The monoisotopic (exact) mass is 453 g/mol. The van der Waals surface area contributed by atoms with Crippen LogP contribution in [0.15, 0.2) is 77.7 Å². The van der Waals surface area contributed by atoms with E-state index < -0.39 is 17.0 Å². The third kappa shape index (κ3) is 5.16. The maximum atomic E-state index is 13.9. The molecule has 156 valence electrons. The molecule has 4 rings (SSSR count). The molecule has 0 unspecified atom stereocenters. The quantitative estimate of drug-likeness (QED) is 0.411. The van der Waals surface area contributed by atoms with Gasteiger partial charge in [0.05, 0.1) is 11.4 Å². The average molecular weight is 454 g/mol. The Kier molecular flexibility index (Phi) is 6.39. The Morgan fingerprint density at radius 1 is 1.00 bits per heavy atom. The summed E-state index contributed by atoms with van der Waals surface area (Å²) in [5.74, 6) is -0.205. The van der Waals surface area contributed by atoms with E-state index in [-0.39, 0.29) is 6.54 Å². The van der Waals surface area contributed by atoms with Crippen molar-refractivity contribution in [3.8, 4) is 5.75 Å². The Morgan fingerprint density at radius 2 is 1.77 bits per heavy atom. The lowest BCUT2D eigenvalue weighted by Gasteiger charge is -2.12. The lowest BCUT2D eigenvalue weighted by atomic mass is 10.2. The lowest BCUT2D eigenvalue weighted by Crippen LogP contribution is -2.27. The van der Waals surface area contributed by atoms with Gasteiger partial charge in [0.1, 0.15) is 18.2 Å². The molecule has 0 N–H and O–H groups in total. The minimum atomic E-state index is -0.445. The lowest BCUT2D eigenvalue weighted by molar-refractivity contribution is -0.123. The Morgan fingerprint density at radius 3 is 2.52 bits per heavy atom. The molecular weight excluding hydrogens is 437 g/mol. The first-order valence-electron chi connectivity index (χ1n) is 9.46. The summed E-state index contributed by atoms with van der Waals surface area (Å²) < 4.78 is 19.6. The van der Waals surface area contributed by atoms with E-state index in [0.29, 0.717) is 27.8 Å². The molecule has 0 aliphatic carbocycles. The zero-order valence-electron chi connectivity index (χ0n) is 16.3. The molecule has 3 aromatic carbocycles. The zero-order chi connectivity index (χ0) is 21.8. The van der Waals surface area contributed by atoms with E-state index in [2.05, 4.69) is 0 Å². The van der Waals surface area contributed by atoms with Gasteiger partial charge in [-0.15, -0.1) is 0 Å². The number of benzene rings is 3. The van der Waals surface area contributed by atoms with Gasteiger partial charge in [0, 0.05) is 10.6 Å². The number of ether oxygens (including phenoxy) is 1. The molecule has 2 amide bonds. The van der Waals surface area contributed by atoms with Crippen LogP contribution in [0.5, 0.6) is 5.75 Å². The highest BCUT2D eigenvalue weighted by Crippen LogP contribution is 2.33. The molecule has 0 spiro atoms. The van der Waals surface area contributed by atoms with Crippen molar-refractivity contribution in [3.63, 3.8) is 0 Å². The molecule has 1 saturated heterocycles. The standard InChI is InChI=1S/C24H17ClFNO3S/c25-19-6-3-4-17(12-19)15-30-20-10-8-16(9-11-20)13-22-23(28)27(24(29)31-22)14-18-5-1-2-7-21(18)26/h1-13H,14-15H2/b22-13-. The maximum Gasteiger partial charge on any atom is 0.293 e. The van der Waals surface area contributed by atoms with Gasteiger partial charge >= 0.3 is 0 Å². The predicted molar refractivity (Wildman–Crippen MR) is 120 cm³/mol. The fourth-order valence-corrected chi connectivity index (χ4v) is 4.09. The topological polar surface area (TPSA) is 46.6 Å². The van der Waals surface area contributed by atoms with E-state index in [1.165, 1.54) is 6.07 Å². The first-order chi connectivity index (χ1) is 15.0. The fraction of sp³-hybridized carbons (Fsp3) is 0.0833. The Hall–Kier alpha value is -3.09. The highest BCUT2D eigenvalue weighted by atomic mass is 35.5. The van der Waals surface area contributed by atoms with Gasteiger partial charge in [-0.1, -0.05) is 54.1 Å². The number of hydrogen-bond acceptors (Lipinski definition) is 4. The number of carbonyl (C=O) groups is 2. The molecule has 1 fully saturated rings. The van der Waals surface area contributed by atoms with Crippen LogP contribution in [0.1, 0.15) is 16.7 Å². The third-order valence-electron chi connectivity index (χ3n) is 4.63. The van der Waals surface area contributed by atoms with Crippen LogP contribution >= 0.6 is 23.4 Å². The normalized spacial score (nSPS) is 15.0. The largest absolute Gasteiger partial charge is 0.489 e. The summed E-state index contributed by atoms with van der Waals surface area (Å²) in [5.41, 5.74) is 2.01. The molecule has 7 heteroatoms. The number of amides is 2. The molecule has 1 aliphatic heterocycles. The van der Waals surface area contributed by atoms with E-state index in [1.54, 1.807) is 54.6 Å². The summed E-state index contributed by atoms with van der Waals surface area (Å²) in [7, 11) is 0. The third-order valence-corrected chi connectivity index (χ3v) is 5.77. The van der Waals surface area contributed by atoms with Crippen molar-refractivity contribution in [2.45, 2.75) is 13.2 Å². The second-order valence-electron chi connectivity index (χ2n) is 6.85. The van der Waals surface area contributed by atoms with E-state index in [4.69, 9.17) is 16.3 Å². The molecule has 4 nitrogen and oxygen atoms in total. The van der Waals surface area contributed by atoms with Gasteiger partial charge in [-0.3, -0.25) is 14.5 Å². The summed E-state index contributed by atoms with van der Waals surface area (Å²) in [6, 6.07) is 20.7. The van der Waals surface area contributed by atoms with Crippen molar-refractivity contribution >= 4 is 40.6 Å². The van der Waals surface area contributed by atoms with Gasteiger partial charge < -0.3 is 4.74 Å². The molecule has 3 aromatic rings. The van der Waals surface area contributed by atoms with Crippen molar-refractivity contribution in [3.05, 3.63) is 105 Å². The number of thioether (sulfide) groups is 1. The van der Waals surface area contributed by atoms with E-state index >= 15 is 0 Å². The van der Waals surface area contributed by atoms with Crippen LogP contribution in [0.4, 0.5) is 9.18 Å². The number of nitrogens with zero attached hydrogens (tertiary/aromatic N) is 1. The van der Waals surface area contributed by atoms with Gasteiger partial charge in [-0.2, -0.15) is 0 Å². The number of imide groups is 1. The Balaban J connectivity index is 1.42. The molecule has 0 radical (unpaired) electrons. The number of hydrogen-bond donors (Lipinski definition) is 0.